The van der Waals surface area contributed by atoms with Crippen LogP contribution in [0.1, 0.15) is 38.6 Å². The van der Waals surface area contributed by atoms with E-state index >= 15 is 0 Å². The number of hydrogen-bond acceptors (Lipinski definition) is 4. The third-order valence-electron chi connectivity index (χ3n) is 3.11. The summed E-state index contributed by atoms with van der Waals surface area (Å²) in [6.07, 6.45) is 0. The Morgan fingerprint density at radius 2 is 2.00 bits per heavy atom. The van der Waals surface area contributed by atoms with Gasteiger partial charge in [-0.25, -0.2) is 0 Å². The number of H-pyrrole nitrogens is 1. The van der Waals surface area contributed by atoms with Crippen LogP contribution in [-0.2, 0) is 0 Å². The molecule has 96 valence electrons. The number of aromatic nitrogens is 3. The summed E-state index contributed by atoms with van der Waals surface area (Å²) in [5.41, 5.74) is 0.765. The molecule has 2 aromatic heterocycles. The van der Waals surface area contributed by atoms with E-state index in [0.29, 0.717) is 5.92 Å². The van der Waals surface area contributed by atoms with Gasteiger partial charge >= 0.3 is 0 Å². The first-order valence-electron chi connectivity index (χ1n) is 5.91. The van der Waals surface area contributed by atoms with Gasteiger partial charge in [-0.3, -0.25) is 4.79 Å². The first-order valence-corrected chi connectivity index (χ1v) is 6.72. The molecule has 0 aliphatic carbocycles. The standard InChI is InChI=1S/C13H17N3OS/c1-8(13(2,3)4)11-15-16-12(18-11)9-6-5-7-10(17)14-9/h5-8H,1-4H3,(H,14,17)/t8-/m0/s1. The molecule has 0 radical (unpaired) electrons. The molecule has 0 saturated heterocycles. The maximum Gasteiger partial charge on any atom is 0.248 e. The zero-order valence-electron chi connectivity index (χ0n) is 11.0. The van der Waals surface area contributed by atoms with Gasteiger partial charge in [0.05, 0.1) is 5.69 Å². The third kappa shape index (κ3) is 2.67. The van der Waals surface area contributed by atoms with Crippen molar-refractivity contribution in [1.82, 2.24) is 15.2 Å². The minimum absolute atomic E-state index is 0.117. The summed E-state index contributed by atoms with van der Waals surface area (Å²) < 4.78 is 0. The van der Waals surface area contributed by atoms with E-state index in [4.69, 9.17) is 0 Å². The Labute approximate surface area is 110 Å². The fourth-order valence-corrected chi connectivity index (χ4v) is 2.58. The van der Waals surface area contributed by atoms with E-state index in [-0.39, 0.29) is 11.0 Å². The van der Waals surface area contributed by atoms with Crippen LogP contribution in [0.4, 0.5) is 0 Å². The molecule has 0 aliphatic rings. The monoisotopic (exact) mass is 263 g/mol. The summed E-state index contributed by atoms with van der Waals surface area (Å²) in [5, 5.41) is 10.2. The minimum atomic E-state index is -0.117. The lowest BCUT2D eigenvalue weighted by Gasteiger charge is -2.24. The zero-order chi connectivity index (χ0) is 13.3. The van der Waals surface area contributed by atoms with Crippen molar-refractivity contribution in [1.29, 1.82) is 0 Å². The van der Waals surface area contributed by atoms with Crippen LogP contribution < -0.4 is 5.56 Å². The summed E-state index contributed by atoms with van der Waals surface area (Å²) >= 11 is 1.54. The maximum atomic E-state index is 11.3. The first-order chi connectivity index (χ1) is 8.38. The summed E-state index contributed by atoms with van der Waals surface area (Å²) in [7, 11) is 0. The number of hydrogen-bond donors (Lipinski definition) is 1. The zero-order valence-corrected chi connectivity index (χ0v) is 11.8. The largest absolute Gasteiger partial charge is 0.320 e. The Morgan fingerprint density at radius 3 is 2.61 bits per heavy atom. The van der Waals surface area contributed by atoms with Crippen molar-refractivity contribution < 1.29 is 0 Å². The molecule has 5 heteroatoms. The summed E-state index contributed by atoms with van der Waals surface area (Å²) in [6, 6.07) is 5.05. The molecule has 2 rings (SSSR count). The van der Waals surface area contributed by atoms with Crippen LogP contribution in [0.3, 0.4) is 0 Å². The van der Waals surface area contributed by atoms with Crippen LogP contribution in [0.5, 0.6) is 0 Å². The van der Waals surface area contributed by atoms with Crippen molar-refractivity contribution in [2.45, 2.75) is 33.6 Å². The molecule has 2 heterocycles. The molecular weight excluding hydrogens is 246 g/mol. The molecule has 0 spiro atoms. The molecule has 1 atom stereocenters. The Kier molecular flexibility index (Phi) is 3.34. The number of rotatable bonds is 2. The van der Waals surface area contributed by atoms with Gasteiger partial charge < -0.3 is 4.98 Å². The van der Waals surface area contributed by atoms with Crippen LogP contribution in [0.2, 0.25) is 0 Å². The predicted octanol–water partition coefficient (Wildman–Crippen LogP) is 3.04. The Bertz CT molecular complexity index is 595. The molecule has 0 amide bonds. The highest BCUT2D eigenvalue weighted by molar-refractivity contribution is 7.14. The van der Waals surface area contributed by atoms with Gasteiger partial charge in [0.2, 0.25) is 5.56 Å². The summed E-state index contributed by atoms with van der Waals surface area (Å²) in [4.78, 5) is 14.0. The molecule has 0 aliphatic heterocycles. The quantitative estimate of drug-likeness (QED) is 0.906. The van der Waals surface area contributed by atoms with Gasteiger partial charge in [-0.05, 0) is 11.5 Å². The molecule has 0 unspecified atom stereocenters. The van der Waals surface area contributed by atoms with Crippen LogP contribution >= 0.6 is 11.3 Å². The minimum Gasteiger partial charge on any atom is -0.320 e. The second kappa shape index (κ2) is 4.65. The smallest absolute Gasteiger partial charge is 0.248 e. The van der Waals surface area contributed by atoms with E-state index in [1.165, 1.54) is 17.4 Å². The van der Waals surface area contributed by atoms with Gasteiger partial charge in [-0.1, -0.05) is 45.1 Å². The average molecular weight is 263 g/mol. The Hall–Kier alpha value is -1.49. The second-order valence-corrected chi connectivity index (χ2v) is 6.47. The van der Waals surface area contributed by atoms with E-state index in [0.717, 1.165) is 15.7 Å². The van der Waals surface area contributed by atoms with Crippen LogP contribution in [-0.4, -0.2) is 15.2 Å². The van der Waals surface area contributed by atoms with Gasteiger partial charge in [0.1, 0.15) is 5.01 Å². The highest BCUT2D eigenvalue weighted by Crippen LogP contribution is 2.37. The Morgan fingerprint density at radius 1 is 1.28 bits per heavy atom. The highest BCUT2D eigenvalue weighted by atomic mass is 32.1. The van der Waals surface area contributed by atoms with Gasteiger partial charge in [0, 0.05) is 12.0 Å². The molecule has 18 heavy (non-hydrogen) atoms. The molecule has 1 N–H and O–H groups in total. The van der Waals surface area contributed by atoms with Crippen LogP contribution in [0, 0.1) is 5.41 Å². The molecule has 0 fully saturated rings. The first kappa shape index (κ1) is 13.0. The molecule has 2 aromatic rings. The second-order valence-electron chi connectivity index (χ2n) is 5.46. The number of pyridine rings is 1. The summed E-state index contributed by atoms with van der Waals surface area (Å²) in [6.45, 7) is 8.70. The highest BCUT2D eigenvalue weighted by Gasteiger charge is 2.25. The number of nitrogens with zero attached hydrogens (tertiary/aromatic N) is 2. The molecule has 0 aromatic carbocycles. The lowest BCUT2D eigenvalue weighted by molar-refractivity contribution is 0.337. The van der Waals surface area contributed by atoms with Crippen molar-refractivity contribution >= 4 is 11.3 Å². The maximum absolute atomic E-state index is 11.3. The van der Waals surface area contributed by atoms with E-state index in [9.17, 15) is 4.79 Å². The third-order valence-corrected chi connectivity index (χ3v) is 4.25. The summed E-state index contributed by atoms with van der Waals surface area (Å²) in [5.74, 6) is 0.333. The van der Waals surface area contributed by atoms with Gasteiger partial charge in [-0.2, -0.15) is 0 Å². The van der Waals surface area contributed by atoms with E-state index < -0.39 is 0 Å². The molecule has 4 nitrogen and oxygen atoms in total. The average Bonchev–Trinajstić information content (AvgIpc) is 2.75. The number of aromatic amines is 1. The fourth-order valence-electron chi connectivity index (χ4n) is 1.46. The van der Waals surface area contributed by atoms with E-state index in [1.54, 1.807) is 6.07 Å². The van der Waals surface area contributed by atoms with Crippen molar-refractivity contribution in [2.75, 3.05) is 0 Å². The lowest BCUT2D eigenvalue weighted by atomic mass is 9.83. The van der Waals surface area contributed by atoms with Crippen LogP contribution in [0.15, 0.2) is 23.0 Å². The van der Waals surface area contributed by atoms with Crippen LogP contribution in [0.25, 0.3) is 10.7 Å². The van der Waals surface area contributed by atoms with Crippen molar-refractivity contribution in [3.8, 4) is 10.7 Å². The number of nitrogens with one attached hydrogen (secondary N) is 1. The molecule has 0 bridgehead atoms. The lowest BCUT2D eigenvalue weighted by Crippen LogP contribution is -2.14. The Balaban J connectivity index is 2.34. The fraction of sp³-hybridized carbons (Fsp3) is 0.462. The van der Waals surface area contributed by atoms with Crippen molar-refractivity contribution in [2.24, 2.45) is 5.41 Å². The molecular formula is C13H17N3OS. The van der Waals surface area contributed by atoms with E-state index in [1.807, 2.05) is 6.07 Å². The normalized spacial score (nSPS) is 13.6. The van der Waals surface area contributed by atoms with Gasteiger partial charge in [0.15, 0.2) is 5.01 Å². The molecule has 0 saturated carbocycles. The van der Waals surface area contributed by atoms with E-state index in [2.05, 4.69) is 42.9 Å². The topological polar surface area (TPSA) is 58.6 Å². The van der Waals surface area contributed by atoms with Crippen molar-refractivity contribution in [3.05, 3.63) is 33.6 Å². The van der Waals surface area contributed by atoms with Crippen molar-refractivity contribution in [3.63, 3.8) is 0 Å². The van der Waals surface area contributed by atoms with Gasteiger partial charge in [-0.15, -0.1) is 10.2 Å². The predicted molar refractivity (Wildman–Crippen MR) is 73.8 cm³/mol. The SMILES string of the molecule is C[C@@H](c1nnc(-c2cccc(=O)[nH]2)s1)C(C)(C)C. The van der Waals surface area contributed by atoms with Gasteiger partial charge in [0.25, 0.3) is 0 Å².